The highest BCUT2D eigenvalue weighted by Crippen LogP contribution is 2.48. The van der Waals surface area contributed by atoms with E-state index in [1.54, 1.807) is 11.8 Å². The molecule has 1 unspecified atom stereocenters. The highest BCUT2D eigenvalue weighted by atomic mass is 32.2. The van der Waals surface area contributed by atoms with E-state index in [1.165, 1.54) is 16.0 Å². The Labute approximate surface area is 191 Å². The second kappa shape index (κ2) is 7.50. The van der Waals surface area contributed by atoms with E-state index in [0.29, 0.717) is 0 Å². The van der Waals surface area contributed by atoms with E-state index in [1.807, 2.05) is 24.3 Å². The number of aryl methyl sites for hydroxylation is 1. The molecule has 0 aliphatic carbocycles. The summed E-state index contributed by atoms with van der Waals surface area (Å²) < 4.78 is 11.5. The Morgan fingerprint density at radius 3 is 1.88 bits per heavy atom. The van der Waals surface area contributed by atoms with Crippen LogP contribution in [-0.4, -0.2) is 26.8 Å². The zero-order valence-electron chi connectivity index (χ0n) is 17.7. The maximum Gasteiger partial charge on any atom is 0.584 e. The number of benzene rings is 4. The van der Waals surface area contributed by atoms with Crippen molar-refractivity contribution in [3.63, 3.8) is 0 Å². The number of thioether (sulfide) groups is 1. The van der Waals surface area contributed by atoms with Gasteiger partial charge in [-0.1, -0.05) is 69.8 Å². The summed E-state index contributed by atoms with van der Waals surface area (Å²) in [5.41, 5.74) is 5.64. The minimum Gasteiger partial charge on any atom is -0.368 e. The summed E-state index contributed by atoms with van der Waals surface area (Å²) in [6.45, 7) is 2.17. The lowest BCUT2D eigenvalue weighted by atomic mass is 10.1. The molecule has 0 aromatic heterocycles. The highest BCUT2D eigenvalue weighted by Gasteiger charge is 2.63. The Kier molecular flexibility index (Phi) is 4.47. The summed E-state index contributed by atoms with van der Waals surface area (Å²) in [6, 6.07) is 35.6. The van der Waals surface area contributed by atoms with Crippen molar-refractivity contribution in [2.45, 2.75) is 17.0 Å². The molecular weight excluding hydrogens is 412 g/mol. The fourth-order valence-electron chi connectivity index (χ4n) is 4.30. The number of ether oxygens (including phenoxy) is 1. The Morgan fingerprint density at radius 1 is 0.625 bits per heavy atom. The van der Waals surface area contributed by atoms with Crippen molar-refractivity contribution >= 4 is 35.6 Å². The van der Waals surface area contributed by atoms with Crippen molar-refractivity contribution in [3.05, 3.63) is 120 Å². The van der Waals surface area contributed by atoms with Crippen molar-refractivity contribution in [3.8, 4) is 5.75 Å². The highest BCUT2D eigenvalue weighted by molar-refractivity contribution is 8.00. The molecule has 4 heteroatoms. The summed E-state index contributed by atoms with van der Waals surface area (Å²) in [4.78, 5) is 1.23. The van der Waals surface area contributed by atoms with Crippen molar-refractivity contribution in [1.82, 2.24) is 0 Å². The van der Waals surface area contributed by atoms with Crippen LogP contribution >= 0.6 is 11.8 Å². The van der Waals surface area contributed by atoms with Gasteiger partial charge in [0.05, 0.1) is 22.9 Å². The predicted molar refractivity (Wildman–Crippen MR) is 130 cm³/mol. The molecule has 0 radical (unpaired) electrons. The first-order valence-corrected chi connectivity index (χ1v) is 11.5. The lowest BCUT2D eigenvalue weighted by Crippen LogP contribution is -2.54. The van der Waals surface area contributed by atoms with Crippen molar-refractivity contribution in [2.24, 2.45) is 0 Å². The van der Waals surface area contributed by atoms with E-state index in [0.717, 1.165) is 22.7 Å². The molecule has 0 bridgehead atoms. The molecule has 0 saturated heterocycles. The standard InChI is InChI=1S/C28H22N2OS/c1-21-11-10-13-23-20-30(25-16-6-3-7-17-25)28(32-27(21)23)29(24-14-4-2-5-15-24)19-22-12-8-9-18-26(22)31-28/h2-20H,1H3/q+2. The summed E-state index contributed by atoms with van der Waals surface area (Å²) in [7, 11) is 0. The molecule has 32 heavy (non-hydrogen) atoms. The first kappa shape index (κ1) is 19.1. The molecular formula is C28H22N2OS+2. The van der Waals surface area contributed by atoms with E-state index < -0.39 is 5.18 Å². The molecule has 1 atom stereocenters. The summed E-state index contributed by atoms with van der Waals surface area (Å²) >= 11 is 1.74. The quantitative estimate of drug-likeness (QED) is 0.343. The molecule has 0 N–H and O–H groups in total. The van der Waals surface area contributed by atoms with Crippen molar-refractivity contribution < 1.29 is 13.9 Å². The van der Waals surface area contributed by atoms with Crippen LogP contribution in [0.15, 0.2) is 108 Å². The number of para-hydroxylation sites is 3. The van der Waals surface area contributed by atoms with Crippen LogP contribution in [0.1, 0.15) is 16.7 Å². The average molecular weight is 435 g/mol. The molecule has 0 fully saturated rings. The molecule has 2 aliphatic heterocycles. The molecule has 0 amide bonds. The van der Waals surface area contributed by atoms with Crippen molar-refractivity contribution in [1.29, 1.82) is 0 Å². The van der Waals surface area contributed by atoms with Crippen LogP contribution in [0.4, 0.5) is 11.4 Å². The third kappa shape index (κ3) is 2.99. The molecule has 154 valence electrons. The normalized spacial score (nSPS) is 18.8. The summed E-state index contributed by atoms with van der Waals surface area (Å²) in [5, 5.41) is -0.851. The van der Waals surface area contributed by atoms with Crippen LogP contribution < -0.4 is 4.74 Å². The van der Waals surface area contributed by atoms with E-state index in [-0.39, 0.29) is 0 Å². The maximum atomic E-state index is 6.96. The average Bonchev–Trinajstić information content (AvgIpc) is 2.85. The van der Waals surface area contributed by atoms with Crippen LogP contribution in [-0.2, 0) is 0 Å². The minimum atomic E-state index is -0.851. The van der Waals surface area contributed by atoms with E-state index in [4.69, 9.17) is 4.74 Å². The van der Waals surface area contributed by atoms with Gasteiger partial charge >= 0.3 is 5.18 Å². The zero-order chi connectivity index (χ0) is 21.5. The first-order chi connectivity index (χ1) is 15.7. The van der Waals surface area contributed by atoms with Gasteiger partial charge in [0.15, 0.2) is 12.4 Å². The Balaban J connectivity index is 1.67. The molecule has 3 nitrogen and oxygen atoms in total. The fraction of sp³-hybridized carbons (Fsp3) is 0.0714. The van der Waals surface area contributed by atoms with Crippen LogP contribution in [0.3, 0.4) is 0 Å². The van der Waals surface area contributed by atoms with E-state index >= 15 is 0 Å². The molecule has 6 rings (SSSR count). The first-order valence-electron chi connectivity index (χ1n) is 10.7. The third-order valence-electron chi connectivity index (χ3n) is 5.85. The largest absolute Gasteiger partial charge is 0.584 e. The Morgan fingerprint density at radius 2 is 1.19 bits per heavy atom. The number of rotatable bonds is 2. The van der Waals surface area contributed by atoms with Gasteiger partial charge in [-0.25, -0.2) is 0 Å². The van der Waals surface area contributed by atoms with Crippen LogP contribution in [0.5, 0.6) is 5.75 Å². The molecule has 4 aromatic carbocycles. The second-order valence-corrected chi connectivity index (χ2v) is 9.10. The van der Waals surface area contributed by atoms with Gasteiger partial charge in [-0.3, -0.25) is 0 Å². The zero-order valence-corrected chi connectivity index (χ0v) is 18.5. The van der Waals surface area contributed by atoms with Gasteiger partial charge in [0, 0.05) is 29.2 Å². The molecule has 2 aliphatic rings. The third-order valence-corrected chi connectivity index (χ3v) is 7.36. The lowest BCUT2D eigenvalue weighted by Gasteiger charge is -2.31. The lowest BCUT2D eigenvalue weighted by molar-refractivity contribution is -0.770. The van der Waals surface area contributed by atoms with Crippen LogP contribution in [0.2, 0.25) is 0 Å². The molecule has 0 saturated carbocycles. The van der Waals surface area contributed by atoms with Gasteiger partial charge < -0.3 is 4.74 Å². The molecule has 4 aromatic rings. The molecule has 2 heterocycles. The van der Waals surface area contributed by atoms with Gasteiger partial charge in [-0.2, -0.15) is 0 Å². The Hall–Kier alpha value is -3.63. The fourth-order valence-corrected chi connectivity index (χ4v) is 5.68. The van der Waals surface area contributed by atoms with Crippen molar-refractivity contribution in [2.75, 3.05) is 0 Å². The van der Waals surface area contributed by atoms with Crippen LogP contribution in [0.25, 0.3) is 0 Å². The number of fused-ring (bicyclic) bond motifs is 2. The monoisotopic (exact) mass is 434 g/mol. The number of nitrogens with zero attached hydrogens (tertiary/aromatic N) is 2. The minimum absolute atomic E-state index is 0.851. The number of hydrogen-bond acceptors (Lipinski definition) is 2. The second-order valence-electron chi connectivity index (χ2n) is 7.95. The van der Waals surface area contributed by atoms with E-state index in [9.17, 15) is 0 Å². The number of hydrogen-bond donors (Lipinski definition) is 0. The Bertz CT molecular complexity index is 1380. The summed E-state index contributed by atoms with van der Waals surface area (Å²) in [5.74, 6) is 0.874. The van der Waals surface area contributed by atoms with Gasteiger partial charge in [0.2, 0.25) is 11.4 Å². The van der Waals surface area contributed by atoms with Gasteiger partial charge in [0.1, 0.15) is 5.75 Å². The smallest absolute Gasteiger partial charge is 0.368 e. The van der Waals surface area contributed by atoms with Crippen LogP contribution in [0, 0.1) is 6.92 Å². The predicted octanol–water partition coefficient (Wildman–Crippen LogP) is 6.33. The van der Waals surface area contributed by atoms with E-state index in [2.05, 4.69) is 107 Å². The SMILES string of the molecule is Cc1cccc2c1SC1(Oc3ccccc3C=[N+]1c1ccccc1)[N+](c1ccccc1)=C2. The van der Waals surface area contributed by atoms with Gasteiger partial charge in [-0.15, -0.1) is 0 Å². The maximum absolute atomic E-state index is 6.96. The van der Waals surface area contributed by atoms with Gasteiger partial charge in [-0.05, 0) is 30.7 Å². The summed E-state index contributed by atoms with van der Waals surface area (Å²) in [6.07, 6.45) is 4.42. The van der Waals surface area contributed by atoms with Gasteiger partial charge in [0.25, 0.3) is 0 Å². The molecule has 1 spiro atoms. The topological polar surface area (TPSA) is 15.2 Å².